The summed E-state index contributed by atoms with van der Waals surface area (Å²) >= 11 is 6.12. The van der Waals surface area contributed by atoms with Crippen LogP contribution in [0.15, 0.2) is 30.9 Å². The zero-order valence-electron chi connectivity index (χ0n) is 9.93. The number of halogens is 1. The van der Waals surface area contributed by atoms with Crippen LogP contribution in [0.25, 0.3) is 0 Å². The Hall–Kier alpha value is -0.950. The normalized spacial score (nSPS) is 10.1. The zero-order chi connectivity index (χ0) is 11.8. The second-order valence-corrected chi connectivity index (χ2v) is 4.40. The number of nitrogens with one attached hydrogen (secondary N) is 1. The van der Waals surface area contributed by atoms with Gasteiger partial charge in [0.05, 0.1) is 10.7 Å². The van der Waals surface area contributed by atoms with E-state index >= 15 is 0 Å². The monoisotopic (exact) mass is 237 g/mol. The summed E-state index contributed by atoms with van der Waals surface area (Å²) in [6.45, 7) is 6.78. The number of rotatable bonds is 7. The van der Waals surface area contributed by atoms with Crippen molar-refractivity contribution in [1.82, 2.24) is 0 Å². The number of hydrogen-bond donors (Lipinski definition) is 1. The summed E-state index contributed by atoms with van der Waals surface area (Å²) in [5.41, 5.74) is 2.28. The van der Waals surface area contributed by atoms with E-state index in [1.165, 1.54) is 24.8 Å². The molecule has 2 heteroatoms. The highest BCUT2D eigenvalue weighted by Gasteiger charge is 2.01. The van der Waals surface area contributed by atoms with E-state index < -0.39 is 0 Å². The fraction of sp³-hybridized carbons (Fsp3) is 0.429. The minimum atomic E-state index is 0.811. The zero-order valence-corrected chi connectivity index (χ0v) is 10.7. The highest BCUT2D eigenvalue weighted by Crippen LogP contribution is 2.25. The fourth-order valence-electron chi connectivity index (χ4n) is 1.66. The Labute approximate surface area is 104 Å². The first-order valence-corrected chi connectivity index (χ1v) is 6.23. The second-order valence-electron chi connectivity index (χ2n) is 4.00. The van der Waals surface area contributed by atoms with Gasteiger partial charge in [0.1, 0.15) is 0 Å². The second kappa shape index (κ2) is 7.34. The minimum Gasteiger partial charge on any atom is -0.384 e. The van der Waals surface area contributed by atoms with Gasteiger partial charge < -0.3 is 5.32 Å². The van der Waals surface area contributed by atoms with Crippen LogP contribution in [0.4, 0.5) is 5.69 Å². The van der Waals surface area contributed by atoms with Gasteiger partial charge in [-0.3, -0.25) is 0 Å². The molecule has 0 heterocycles. The number of benzene rings is 1. The third-order valence-electron chi connectivity index (χ3n) is 2.61. The van der Waals surface area contributed by atoms with Gasteiger partial charge in [0, 0.05) is 6.54 Å². The van der Waals surface area contributed by atoms with Crippen LogP contribution in [0.3, 0.4) is 0 Å². The molecule has 1 rings (SSSR count). The van der Waals surface area contributed by atoms with Crippen LogP contribution in [-0.2, 0) is 0 Å². The van der Waals surface area contributed by atoms with E-state index in [2.05, 4.69) is 24.9 Å². The van der Waals surface area contributed by atoms with Crippen molar-refractivity contribution in [3.8, 4) is 0 Å². The highest BCUT2D eigenvalue weighted by molar-refractivity contribution is 6.33. The first-order valence-electron chi connectivity index (χ1n) is 5.85. The van der Waals surface area contributed by atoms with Gasteiger partial charge >= 0.3 is 0 Å². The molecule has 0 aliphatic rings. The standard InChI is InChI=1S/C14H20ClN/c1-3-4-5-6-7-11-16-14-12(2)9-8-10-13(14)15/h3,8-10,16H,1,4-7,11H2,2H3. The molecule has 1 nitrogen and oxygen atoms in total. The molecule has 0 saturated heterocycles. The maximum Gasteiger partial charge on any atom is 0.0640 e. The molecule has 0 aromatic heterocycles. The fourth-order valence-corrected chi connectivity index (χ4v) is 1.95. The van der Waals surface area contributed by atoms with Crippen molar-refractivity contribution < 1.29 is 0 Å². The molecule has 0 fully saturated rings. The van der Waals surface area contributed by atoms with Gasteiger partial charge in [0.15, 0.2) is 0 Å². The van der Waals surface area contributed by atoms with Gasteiger partial charge in [-0.25, -0.2) is 0 Å². The lowest BCUT2D eigenvalue weighted by Crippen LogP contribution is -2.03. The summed E-state index contributed by atoms with van der Waals surface area (Å²) in [6, 6.07) is 5.98. The predicted molar refractivity (Wildman–Crippen MR) is 73.3 cm³/mol. The largest absolute Gasteiger partial charge is 0.384 e. The molecule has 0 aliphatic heterocycles. The van der Waals surface area contributed by atoms with Gasteiger partial charge in [-0.1, -0.05) is 36.2 Å². The molecular weight excluding hydrogens is 218 g/mol. The Balaban J connectivity index is 2.29. The van der Waals surface area contributed by atoms with Crippen LogP contribution in [0.1, 0.15) is 31.2 Å². The van der Waals surface area contributed by atoms with Crippen molar-refractivity contribution in [1.29, 1.82) is 0 Å². The Bertz CT molecular complexity index is 313. The van der Waals surface area contributed by atoms with Gasteiger partial charge in [-0.05, 0) is 37.8 Å². The molecule has 0 atom stereocenters. The number of para-hydroxylation sites is 1. The molecule has 0 bridgehead atoms. The van der Waals surface area contributed by atoms with Gasteiger partial charge in [-0.15, -0.1) is 6.58 Å². The summed E-state index contributed by atoms with van der Waals surface area (Å²) in [7, 11) is 0. The van der Waals surface area contributed by atoms with Crippen LogP contribution in [0.5, 0.6) is 0 Å². The lowest BCUT2D eigenvalue weighted by Gasteiger charge is -2.10. The van der Waals surface area contributed by atoms with Crippen molar-refractivity contribution in [3.05, 3.63) is 41.4 Å². The Kier molecular flexibility index (Phi) is 6.02. The van der Waals surface area contributed by atoms with E-state index in [1.807, 2.05) is 18.2 Å². The van der Waals surface area contributed by atoms with Crippen molar-refractivity contribution in [3.63, 3.8) is 0 Å². The number of unbranched alkanes of at least 4 members (excludes halogenated alkanes) is 3. The van der Waals surface area contributed by atoms with E-state index in [-0.39, 0.29) is 0 Å². The molecular formula is C14H20ClN. The maximum absolute atomic E-state index is 6.12. The SMILES string of the molecule is C=CCCCCCNc1c(C)cccc1Cl. The van der Waals surface area contributed by atoms with E-state index in [0.29, 0.717) is 0 Å². The highest BCUT2D eigenvalue weighted by atomic mass is 35.5. The maximum atomic E-state index is 6.12. The van der Waals surface area contributed by atoms with E-state index in [0.717, 1.165) is 23.7 Å². The molecule has 0 amide bonds. The summed E-state index contributed by atoms with van der Waals surface area (Å²) in [6.07, 6.45) is 6.74. The van der Waals surface area contributed by atoms with Crippen LogP contribution in [-0.4, -0.2) is 6.54 Å². The van der Waals surface area contributed by atoms with Crippen LogP contribution in [0, 0.1) is 6.92 Å². The molecule has 1 N–H and O–H groups in total. The van der Waals surface area contributed by atoms with E-state index in [4.69, 9.17) is 11.6 Å². The Morgan fingerprint density at radius 2 is 2.12 bits per heavy atom. The van der Waals surface area contributed by atoms with Crippen LogP contribution < -0.4 is 5.32 Å². The molecule has 0 saturated carbocycles. The van der Waals surface area contributed by atoms with Crippen LogP contribution in [0.2, 0.25) is 5.02 Å². The molecule has 1 aromatic rings. The number of aryl methyl sites for hydroxylation is 1. The Morgan fingerprint density at radius 3 is 2.81 bits per heavy atom. The summed E-state index contributed by atoms with van der Waals surface area (Å²) in [5.74, 6) is 0. The van der Waals surface area contributed by atoms with E-state index in [1.54, 1.807) is 0 Å². The summed E-state index contributed by atoms with van der Waals surface area (Å²) < 4.78 is 0. The lowest BCUT2D eigenvalue weighted by atomic mass is 10.1. The van der Waals surface area contributed by atoms with Crippen LogP contribution >= 0.6 is 11.6 Å². The molecule has 0 unspecified atom stereocenters. The van der Waals surface area contributed by atoms with Gasteiger partial charge in [0.25, 0.3) is 0 Å². The van der Waals surface area contributed by atoms with Crippen molar-refractivity contribution in [2.45, 2.75) is 32.6 Å². The van der Waals surface area contributed by atoms with Gasteiger partial charge in [-0.2, -0.15) is 0 Å². The minimum absolute atomic E-state index is 0.811. The summed E-state index contributed by atoms with van der Waals surface area (Å²) in [5, 5.41) is 4.21. The lowest BCUT2D eigenvalue weighted by molar-refractivity contribution is 0.708. The molecule has 1 aromatic carbocycles. The smallest absolute Gasteiger partial charge is 0.0640 e. The Morgan fingerprint density at radius 1 is 1.31 bits per heavy atom. The first-order chi connectivity index (χ1) is 7.75. The first kappa shape index (κ1) is 13.1. The molecule has 88 valence electrons. The van der Waals surface area contributed by atoms with Crippen molar-refractivity contribution in [2.75, 3.05) is 11.9 Å². The van der Waals surface area contributed by atoms with Crippen molar-refractivity contribution >= 4 is 17.3 Å². The molecule has 0 radical (unpaired) electrons. The molecule has 0 aliphatic carbocycles. The average Bonchev–Trinajstić information content (AvgIpc) is 2.26. The molecule has 0 spiro atoms. The number of anilines is 1. The number of allylic oxidation sites excluding steroid dienone is 1. The van der Waals surface area contributed by atoms with E-state index in [9.17, 15) is 0 Å². The number of hydrogen-bond acceptors (Lipinski definition) is 1. The quantitative estimate of drug-likeness (QED) is 0.530. The third-order valence-corrected chi connectivity index (χ3v) is 2.92. The predicted octanol–water partition coefficient (Wildman–Crippen LogP) is 4.81. The van der Waals surface area contributed by atoms with Gasteiger partial charge in [0.2, 0.25) is 0 Å². The topological polar surface area (TPSA) is 12.0 Å². The average molecular weight is 238 g/mol. The third kappa shape index (κ3) is 4.28. The summed E-state index contributed by atoms with van der Waals surface area (Å²) in [4.78, 5) is 0. The molecule has 16 heavy (non-hydrogen) atoms. The van der Waals surface area contributed by atoms with Crippen molar-refractivity contribution in [2.24, 2.45) is 0 Å².